The van der Waals surface area contributed by atoms with Gasteiger partial charge in [0, 0.05) is 24.3 Å². The van der Waals surface area contributed by atoms with Crippen LogP contribution in [0.2, 0.25) is 0 Å². The number of nitrogens with zero attached hydrogens (tertiary/aromatic N) is 4. The zero-order valence-corrected chi connectivity index (χ0v) is 21.7. The number of nitro benzene ring substituents is 4. The summed E-state index contributed by atoms with van der Waals surface area (Å²) in [5.74, 6) is -2.11. The van der Waals surface area contributed by atoms with Crippen LogP contribution in [0.3, 0.4) is 0 Å². The van der Waals surface area contributed by atoms with Crippen molar-refractivity contribution < 1.29 is 50.8 Å². The van der Waals surface area contributed by atoms with Gasteiger partial charge in [-0.25, -0.2) is 0 Å². The van der Waals surface area contributed by atoms with Gasteiger partial charge in [-0.1, -0.05) is 0 Å². The van der Waals surface area contributed by atoms with Gasteiger partial charge in [0.15, 0.2) is 0 Å². The molecule has 0 aliphatic rings. The van der Waals surface area contributed by atoms with Gasteiger partial charge in [-0.05, 0) is 59.7 Å². The fraction of sp³-hybridized carbons (Fsp3) is 0.0769. The zero-order chi connectivity index (χ0) is 33.4. The molecule has 0 heterocycles. The average molecular weight is 638 g/mol. The van der Waals surface area contributed by atoms with Crippen LogP contribution in [-0.2, 0) is 12.4 Å². The van der Waals surface area contributed by atoms with Gasteiger partial charge in [-0.2, -0.15) is 26.3 Å². The molecule has 0 aromatic heterocycles. The van der Waals surface area contributed by atoms with E-state index in [1.54, 1.807) is 0 Å². The third-order valence-electron chi connectivity index (χ3n) is 6.21. The summed E-state index contributed by atoms with van der Waals surface area (Å²) in [5.41, 5.74) is -10.5. The van der Waals surface area contributed by atoms with Crippen molar-refractivity contribution in [3.05, 3.63) is 124 Å². The highest BCUT2D eigenvalue weighted by Crippen LogP contribution is 2.51. The number of rotatable bonds is 8. The largest absolute Gasteiger partial charge is 0.443 e. The van der Waals surface area contributed by atoms with E-state index in [1.165, 1.54) is 0 Å². The Balaban J connectivity index is 2.01. The van der Waals surface area contributed by atoms with E-state index in [9.17, 15) is 66.8 Å². The molecule has 0 bridgehead atoms. The Labute approximate surface area is 244 Å². The molecule has 0 saturated carbocycles. The second-order valence-corrected chi connectivity index (χ2v) is 8.89. The van der Waals surface area contributed by atoms with E-state index < -0.39 is 99.7 Å². The number of halogens is 6. The van der Waals surface area contributed by atoms with E-state index in [0.717, 1.165) is 48.5 Å². The molecule has 0 radical (unpaired) electrons. The van der Waals surface area contributed by atoms with Gasteiger partial charge in [0.25, 0.3) is 11.4 Å². The third kappa shape index (κ3) is 6.31. The van der Waals surface area contributed by atoms with Crippen LogP contribution in [0.1, 0.15) is 11.1 Å². The van der Waals surface area contributed by atoms with Crippen LogP contribution in [-0.4, -0.2) is 19.7 Å². The van der Waals surface area contributed by atoms with Crippen LogP contribution in [0.4, 0.5) is 49.1 Å². The molecule has 0 N–H and O–H groups in total. The predicted molar refractivity (Wildman–Crippen MR) is 140 cm³/mol. The number of hydrogen-bond donors (Lipinski definition) is 0. The molecule has 0 atom stereocenters. The SMILES string of the molecule is O=[N+]([O-])c1ccc(-c2c(C(F)(F)F)ccc(Oc3ccc(C(F)(F)F)c(-c4ccc([N+](=O)[O-])cc4)c3[N+](=O)[O-])c2[N+](=O)[O-])cc1. The Bertz CT molecular complexity index is 1720. The maximum absolute atomic E-state index is 14.0. The number of nitro groups is 4. The Morgan fingerprint density at radius 2 is 0.778 bits per heavy atom. The fourth-order valence-corrected chi connectivity index (χ4v) is 4.35. The van der Waals surface area contributed by atoms with E-state index in [4.69, 9.17) is 4.74 Å². The monoisotopic (exact) mass is 638 g/mol. The molecule has 0 unspecified atom stereocenters. The van der Waals surface area contributed by atoms with E-state index in [2.05, 4.69) is 0 Å². The molecular formula is C26H12F6N4O9. The average Bonchev–Trinajstić information content (AvgIpc) is 2.95. The lowest BCUT2D eigenvalue weighted by Gasteiger charge is -2.18. The van der Waals surface area contributed by atoms with Crippen molar-refractivity contribution in [1.29, 1.82) is 0 Å². The lowest BCUT2D eigenvalue weighted by atomic mass is 9.95. The number of hydrogen-bond acceptors (Lipinski definition) is 9. The van der Waals surface area contributed by atoms with Crippen LogP contribution < -0.4 is 4.74 Å². The van der Waals surface area contributed by atoms with E-state index >= 15 is 0 Å². The van der Waals surface area contributed by atoms with Crippen molar-refractivity contribution in [3.63, 3.8) is 0 Å². The van der Waals surface area contributed by atoms with Gasteiger partial charge in [-0.3, -0.25) is 40.5 Å². The molecule has 0 fully saturated rings. The Morgan fingerprint density at radius 3 is 1.02 bits per heavy atom. The van der Waals surface area contributed by atoms with Crippen LogP contribution in [0.25, 0.3) is 22.3 Å². The maximum Gasteiger partial charge on any atom is 0.417 e. The second kappa shape index (κ2) is 11.5. The van der Waals surface area contributed by atoms with Gasteiger partial charge in [0.2, 0.25) is 11.5 Å². The molecule has 0 saturated heterocycles. The summed E-state index contributed by atoms with van der Waals surface area (Å²) in [5, 5.41) is 46.3. The molecule has 45 heavy (non-hydrogen) atoms. The molecule has 13 nitrogen and oxygen atoms in total. The highest BCUT2D eigenvalue weighted by Gasteiger charge is 2.42. The minimum Gasteiger partial charge on any atom is -0.443 e. The van der Waals surface area contributed by atoms with Crippen molar-refractivity contribution in [1.82, 2.24) is 0 Å². The second-order valence-electron chi connectivity index (χ2n) is 8.89. The topological polar surface area (TPSA) is 182 Å². The molecule has 0 amide bonds. The highest BCUT2D eigenvalue weighted by atomic mass is 19.4. The highest BCUT2D eigenvalue weighted by molar-refractivity contribution is 5.84. The first kappa shape index (κ1) is 31.8. The maximum atomic E-state index is 14.0. The van der Waals surface area contributed by atoms with Crippen molar-refractivity contribution in [2.45, 2.75) is 12.4 Å². The Kier molecular flexibility index (Phi) is 8.13. The molecule has 0 aliphatic carbocycles. The first-order chi connectivity index (χ1) is 20.9. The summed E-state index contributed by atoms with van der Waals surface area (Å²) in [7, 11) is 0. The zero-order valence-electron chi connectivity index (χ0n) is 21.7. The van der Waals surface area contributed by atoms with Gasteiger partial charge in [0.05, 0.1) is 41.9 Å². The molecule has 0 spiro atoms. The standard InChI is InChI=1S/C26H12F6N4O9/c27-25(28,29)17-9-11-19(23(35(41)42)21(17)13-1-5-15(6-2-13)33(37)38)45-20-12-10-18(26(30,31)32)22(24(20)36(43)44)14-3-7-16(8-4-14)34(39)40/h1-12H. The summed E-state index contributed by atoms with van der Waals surface area (Å²) >= 11 is 0. The van der Waals surface area contributed by atoms with Gasteiger partial charge >= 0.3 is 23.7 Å². The van der Waals surface area contributed by atoms with E-state index in [0.29, 0.717) is 24.3 Å². The van der Waals surface area contributed by atoms with Crippen molar-refractivity contribution in [3.8, 4) is 33.8 Å². The fourth-order valence-electron chi connectivity index (χ4n) is 4.35. The van der Waals surface area contributed by atoms with Crippen LogP contribution in [0.15, 0.2) is 72.8 Å². The number of alkyl halides is 6. The summed E-state index contributed by atoms with van der Waals surface area (Å²) < 4.78 is 89.2. The summed E-state index contributed by atoms with van der Waals surface area (Å²) in [6.45, 7) is 0. The quantitative estimate of drug-likeness (QED) is 0.104. The van der Waals surface area contributed by atoms with Crippen LogP contribution in [0.5, 0.6) is 11.5 Å². The normalized spacial score (nSPS) is 11.6. The molecule has 19 heteroatoms. The number of ether oxygens (including phenoxy) is 1. The lowest BCUT2D eigenvalue weighted by Crippen LogP contribution is -2.11. The smallest absolute Gasteiger partial charge is 0.417 e. The number of benzene rings is 4. The van der Waals surface area contributed by atoms with Crippen molar-refractivity contribution >= 4 is 22.7 Å². The number of non-ortho nitro benzene ring substituents is 2. The van der Waals surface area contributed by atoms with E-state index in [-0.39, 0.29) is 0 Å². The minimum atomic E-state index is -5.23. The van der Waals surface area contributed by atoms with Gasteiger partial charge in [-0.15, -0.1) is 0 Å². The lowest BCUT2D eigenvalue weighted by molar-refractivity contribution is -0.387. The Morgan fingerprint density at radius 1 is 0.467 bits per heavy atom. The van der Waals surface area contributed by atoms with Crippen LogP contribution in [0, 0.1) is 40.5 Å². The molecule has 0 aliphatic heterocycles. The summed E-state index contributed by atoms with van der Waals surface area (Å²) in [6, 6.07) is 7.73. The first-order valence-electron chi connectivity index (χ1n) is 11.9. The molecule has 4 aromatic carbocycles. The van der Waals surface area contributed by atoms with Gasteiger partial charge < -0.3 is 4.74 Å². The van der Waals surface area contributed by atoms with Crippen molar-refractivity contribution in [2.75, 3.05) is 0 Å². The summed E-state index contributed by atoms with van der Waals surface area (Å²) in [6.07, 6.45) is -10.5. The molecule has 4 rings (SSSR count). The summed E-state index contributed by atoms with van der Waals surface area (Å²) in [4.78, 5) is 41.9. The predicted octanol–water partition coefficient (Wildman–Crippen LogP) is 8.48. The van der Waals surface area contributed by atoms with E-state index in [1.807, 2.05) is 0 Å². The van der Waals surface area contributed by atoms with Gasteiger partial charge in [0.1, 0.15) is 0 Å². The third-order valence-corrected chi connectivity index (χ3v) is 6.21. The van der Waals surface area contributed by atoms with Crippen LogP contribution >= 0.6 is 0 Å². The van der Waals surface area contributed by atoms with Crippen molar-refractivity contribution in [2.24, 2.45) is 0 Å². The molecule has 4 aromatic rings. The Hall–Kier alpha value is -6.14. The molecular weight excluding hydrogens is 626 g/mol. The molecule has 232 valence electrons. The minimum absolute atomic E-state index is 0.326. The first-order valence-corrected chi connectivity index (χ1v) is 11.9.